The van der Waals surface area contributed by atoms with Crippen LogP contribution in [0.25, 0.3) is 5.69 Å². The van der Waals surface area contributed by atoms with Gasteiger partial charge in [-0.05, 0) is 46.8 Å². The fourth-order valence-corrected chi connectivity index (χ4v) is 3.58. The highest BCUT2D eigenvalue weighted by atomic mass is 19.1. The van der Waals surface area contributed by atoms with Crippen molar-refractivity contribution < 1.29 is 18.7 Å². The molecule has 0 atom stereocenters. The van der Waals surface area contributed by atoms with Crippen molar-refractivity contribution in [1.82, 2.24) is 30.0 Å². The van der Waals surface area contributed by atoms with Gasteiger partial charge in [-0.25, -0.2) is 9.18 Å². The highest BCUT2D eigenvalue weighted by Crippen LogP contribution is 2.34. The summed E-state index contributed by atoms with van der Waals surface area (Å²) >= 11 is 0. The van der Waals surface area contributed by atoms with Gasteiger partial charge in [-0.15, -0.1) is 5.10 Å². The van der Waals surface area contributed by atoms with E-state index in [4.69, 9.17) is 9.47 Å². The summed E-state index contributed by atoms with van der Waals surface area (Å²) in [4.78, 5) is 16.7. The molecule has 0 unspecified atom stereocenters. The highest BCUT2D eigenvalue weighted by Gasteiger charge is 2.24. The molecule has 1 aromatic heterocycles. The Morgan fingerprint density at radius 2 is 1.81 bits per heavy atom. The number of methoxy groups -OCH3 is 2. The van der Waals surface area contributed by atoms with Gasteiger partial charge < -0.3 is 19.7 Å². The number of para-hydroxylation sites is 1. The molecule has 0 aliphatic carbocycles. The van der Waals surface area contributed by atoms with Gasteiger partial charge in [-0.3, -0.25) is 4.90 Å². The van der Waals surface area contributed by atoms with Crippen LogP contribution in [0.4, 0.5) is 14.9 Å². The Morgan fingerprint density at radius 1 is 1.06 bits per heavy atom. The van der Waals surface area contributed by atoms with Gasteiger partial charge >= 0.3 is 6.03 Å². The number of hydrogen-bond donors (Lipinski definition) is 1. The van der Waals surface area contributed by atoms with Crippen LogP contribution < -0.4 is 14.8 Å². The van der Waals surface area contributed by atoms with Crippen LogP contribution in [-0.2, 0) is 6.54 Å². The normalized spacial score (nSPS) is 14.3. The number of anilines is 1. The van der Waals surface area contributed by atoms with E-state index < -0.39 is 0 Å². The molecule has 32 heavy (non-hydrogen) atoms. The van der Waals surface area contributed by atoms with Crippen molar-refractivity contribution in [3.05, 3.63) is 54.1 Å². The van der Waals surface area contributed by atoms with Crippen LogP contribution in [-0.4, -0.2) is 76.4 Å². The summed E-state index contributed by atoms with van der Waals surface area (Å²) in [5, 5.41) is 14.8. The van der Waals surface area contributed by atoms with Gasteiger partial charge in [0.05, 0.1) is 32.1 Å². The first-order chi connectivity index (χ1) is 15.6. The SMILES string of the molecule is COc1cccc(NC(=O)N2CCN(Cc3nnnn3-c3ccc(F)cc3)CC2)c1OC. The van der Waals surface area contributed by atoms with E-state index in [2.05, 4.69) is 25.7 Å². The molecule has 0 saturated carbocycles. The number of aromatic nitrogens is 4. The molecule has 3 aromatic rings. The van der Waals surface area contributed by atoms with Gasteiger partial charge in [0.1, 0.15) is 5.82 Å². The molecular weight excluding hydrogens is 417 g/mol. The van der Waals surface area contributed by atoms with Gasteiger partial charge in [-0.2, -0.15) is 4.68 Å². The highest BCUT2D eigenvalue weighted by molar-refractivity contribution is 5.91. The lowest BCUT2D eigenvalue weighted by molar-refractivity contribution is 0.140. The topological polar surface area (TPSA) is 97.6 Å². The average molecular weight is 441 g/mol. The number of nitrogens with one attached hydrogen (secondary N) is 1. The zero-order valence-corrected chi connectivity index (χ0v) is 17.9. The molecule has 0 bridgehead atoms. The third kappa shape index (κ3) is 4.62. The number of hydrogen-bond acceptors (Lipinski definition) is 7. The second kappa shape index (κ2) is 9.60. The number of tetrazole rings is 1. The van der Waals surface area contributed by atoms with Crippen molar-refractivity contribution in [3.8, 4) is 17.2 Å². The van der Waals surface area contributed by atoms with Gasteiger partial charge in [0.25, 0.3) is 0 Å². The number of benzene rings is 2. The Labute approximate surface area is 184 Å². The number of piperazine rings is 1. The molecule has 1 saturated heterocycles. The van der Waals surface area contributed by atoms with E-state index in [9.17, 15) is 9.18 Å². The lowest BCUT2D eigenvalue weighted by Gasteiger charge is -2.34. The maximum absolute atomic E-state index is 13.2. The van der Waals surface area contributed by atoms with E-state index in [1.54, 1.807) is 47.0 Å². The first-order valence-electron chi connectivity index (χ1n) is 10.1. The molecule has 1 aliphatic heterocycles. The van der Waals surface area contributed by atoms with Crippen molar-refractivity contribution >= 4 is 11.7 Å². The van der Waals surface area contributed by atoms with E-state index in [0.717, 1.165) is 0 Å². The number of halogens is 1. The van der Waals surface area contributed by atoms with E-state index in [1.807, 2.05) is 0 Å². The van der Waals surface area contributed by atoms with Crippen LogP contribution in [0, 0.1) is 5.82 Å². The Bertz CT molecular complexity index is 1070. The monoisotopic (exact) mass is 441 g/mol. The lowest BCUT2D eigenvalue weighted by Crippen LogP contribution is -2.49. The van der Waals surface area contributed by atoms with Crippen LogP contribution in [0.1, 0.15) is 5.82 Å². The Morgan fingerprint density at radius 3 is 2.50 bits per heavy atom. The zero-order valence-electron chi connectivity index (χ0n) is 17.9. The van der Waals surface area contributed by atoms with Gasteiger partial charge in [0, 0.05) is 26.2 Å². The quantitative estimate of drug-likeness (QED) is 0.626. The minimum Gasteiger partial charge on any atom is -0.493 e. The molecule has 1 fully saturated rings. The number of amides is 2. The summed E-state index contributed by atoms with van der Waals surface area (Å²) in [5.74, 6) is 1.36. The lowest BCUT2D eigenvalue weighted by atomic mass is 10.2. The minimum atomic E-state index is -0.315. The molecule has 0 radical (unpaired) electrons. The maximum atomic E-state index is 13.2. The Hall–Kier alpha value is -3.73. The zero-order chi connectivity index (χ0) is 22.5. The third-order valence-corrected chi connectivity index (χ3v) is 5.27. The molecule has 11 heteroatoms. The maximum Gasteiger partial charge on any atom is 0.322 e. The number of carbonyl (C=O) groups is 1. The van der Waals surface area contributed by atoms with Crippen LogP contribution in [0.5, 0.6) is 11.5 Å². The van der Waals surface area contributed by atoms with Crippen molar-refractivity contribution in [1.29, 1.82) is 0 Å². The van der Waals surface area contributed by atoms with Crippen molar-refractivity contribution in [3.63, 3.8) is 0 Å². The molecule has 1 aliphatic rings. The molecule has 2 amide bonds. The molecule has 168 valence electrons. The van der Waals surface area contributed by atoms with Crippen molar-refractivity contribution in [2.45, 2.75) is 6.54 Å². The molecule has 1 N–H and O–H groups in total. The van der Waals surface area contributed by atoms with E-state index in [0.29, 0.717) is 61.4 Å². The van der Waals surface area contributed by atoms with Crippen LogP contribution in [0.2, 0.25) is 0 Å². The molecule has 2 heterocycles. The fraction of sp³-hybridized carbons (Fsp3) is 0.333. The molecule has 0 spiro atoms. The molecular formula is C21H24FN7O3. The van der Waals surface area contributed by atoms with Crippen LogP contribution in [0.15, 0.2) is 42.5 Å². The van der Waals surface area contributed by atoms with E-state index >= 15 is 0 Å². The predicted molar refractivity (Wildman–Crippen MR) is 115 cm³/mol. The largest absolute Gasteiger partial charge is 0.493 e. The summed E-state index contributed by atoms with van der Waals surface area (Å²) in [6.07, 6.45) is 0. The first-order valence-corrected chi connectivity index (χ1v) is 10.1. The fourth-order valence-electron chi connectivity index (χ4n) is 3.58. The standard InChI is InChI=1S/C21H24FN7O3/c1-31-18-5-3-4-17(20(18)32-2)23-21(30)28-12-10-27(11-13-28)14-19-24-25-26-29(19)16-8-6-15(22)7-9-16/h3-9H,10-14H2,1-2H3,(H,23,30). The van der Waals surface area contributed by atoms with Crippen molar-refractivity contribution in [2.75, 3.05) is 45.7 Å². The van der Waals surface area contributed by atoms with Gasteiger partial charge in [0.2, 0.25) is 0 Å². The molecule has 2 aromatic carbocycles. The average Bonchev–Trinajstić information content (AvgIpc) is 3.27. The second-order valence-corrected chi connectivity index (χ2v) is 7.22. The summed E-state index contributed by atoms with van der Waals surface area (Å²) in [6, 6.07) is 11.1. The number of ether oxygens (including phenoxy) is 2. The summed E-state index contributed by atoms with van der Waals surface area (Å²) in [7, 11) is 3.08. The number of rotatable bonds is 6. The van der Waals surface area contributed by atoms with Crippen LogP contribution in [0.3, 0.4) is 0 Å². The predicted octanol–water partition coefficient (Wildman–Crippen LogP) is 2.17. The van der Waals surface area contributed by atoms with Gasteiger partial charge in [0.15, 0.2) is 17.3 Å². The minimum absolute atomic E-state index is 0.202. The summed E-state index contributed by atoms with van der Waals surface area (Å²) in [5.41, 5.74) is 1.24. The number of urea groups is 1. The summed E-state index contributed by atoms with van der Waals surface area (Å²) in [6.45, 7) is 2.95. The van der Waals surface area contributed by atoms with Crippen LogP contribution >= 0.6 is 0 Å². The Balaban J connectivity index is 1.35. The smallest absolute Gasteiger partial charge is 0.322 e. The van der Waals surface area contributed by atoms with Gasteiger partial charge in [-0.1, -0.05) is 6.07 Å². The Kier molecular flexibility index (Phi) is 6.45. The van der Waals surface area contributed by atoms with E-state index in [-0.39, 0.29) is 11.8 Å². The second-order valence-electron chi connectivity index (χ2n) is 7.22. The number of carbonyl (C=O) groups excluding carboxylic acids is 1. The number of nitrogens with zero attached hydrogens (tertiary/aromatic N) is 6. The van der Waals surface area contributed by atoms with E-state index in [1.165, 1.54) is 19.2 Å². The third-order valence-electron chi connectivity index (χ3n) is 5.27. The summed E-state index contributed by atoms with van der Waals surface area (Å²) < 4.78 is 25.5. The molecule has 10 nitrogen and oxygen atoms in total. The first kappa shape index (κ1) is 21.5. The van der Waals surface area contributed by atoms with Crippen molar-refractivity contribution in [2.24, 2.45) is 0 Å². The molecule has 4 rings (SSSR count).